The Balaban J connectivity index is 1.80. The van der Waals surface area contributed by atoms with Gasteiger partial charge in [-0.25, -0.2) is 4.79 Å². The zero-order valence-electron chi connectivity index (χ0n) is 14.0. The number of anilines is 1. The van der Waals surface area contributed by atoms with E-state index >= 15 is 0 Å². The summed E-state index contributed by atoms with van der Waals surface area (Å²) in [6.07, 6.45) is 5.35. The van der Waals surface area contributed by atoms with Gasteiger partial charge in [0.2, 0.25) is 5.13 Å². The maximum absolute atomic E-state index is 12.5. The fraction of sp³-hybridized carbons (Fsp3) is 0.312. The van der Waals surface area contributed by atoms with Crippen molar-refractivity contribution in [3.05, 3.63) is 61.8 Å². The fourth-order valence-electron chi connectivity index (χ4n) is 2.27. The highest BCUT2D eigenvalue weighted by atomic mass is 32.1. The number of hydrogen-bond acceptors (Lipinski definition) is 7. The van der Waals surface area contributed by atoms with Crippen LogP contribution >= 0.6 is 11.3 Å². The van der Waals surface area contributed by atoms with Gasteiger partial charge < -0.3 is 9.40 Å². The maximum Gasteiger partial charge on any atom is 0.328 e. The van der Waals surface area contributed by atoms with E-state index in [2.05, 4.69) is 27.4 Å². The first-order valence-electron chi connectivity index (χ1n) is 8.07. The standard InChI is InChI=1S/C16H17N5O4S/c1-2-3-6-12-19-20-15(26-12)18-13(22)11-8-17-16(24)21(14(11)23)9-10-5-4-7-25-10/h4-5,7-8H,2-3,6,9H2,1H3,(H,17,24)(H,18,20,22). The van der Waals surface area contributed by atoms with Gasteiger partial charge in [-0.3, -0.25) is 19.5 Å². The fourth-order valence-corrected chi connectivity index (χ4v) is 3.05. The predicted octanol–water partition coefficient (Wildman–Crippen LogP) is 1.62. The van der Waals surface area contributed by atoms with Gasteiger partial charge >= 0.3 is 5.69 Å². The number of amides is 1. The molecule has 0 fully saturated rings. The molecule has 26 heavy (non-hydrogen) atoms. The van der Waals surface area contributed by atoms with E-state index in [1.165, 1.54) is 17.6 Å². The third-order valence-corrected chi connectivity index (χ3v) is 4.53. The van der Waals surface area contributed by atoms with E-state index in [4.69, 9.17) is 4.42 Å². The number of H-pyrrole nitrogens is 1. The Kier molecular flexibility index (Phi) is 5.42. The molecular formula is C16H17N5O4S. The number of aromatic nitrogens is 4. The molecule has 3 aromatic heterocycles. The molecule has 0 atom stereocenters. The largest absolute Gasteiger partial charge is 0.467 e. The number of carbonyl (C=O) groups excluding carboxylic acids is 1. The molecule has 0 saturated heterocycles. The van der Waals surface area contributed by atoms with E-state index in [0.717, 1.165) is 35.0 Å². The van der Waals surface area contributed by atoms with Crippen molar-refractivity contribution < 1.29 is 9.21 Å². The van der Waals surface area contributed by atoms with Gasteiger partial charge in [-0.15, -0.1) is 10.2 Å². The van der Waals surface area contributed by atoms with Gasteiger partial charge in [0.05, 0.1) is 12.8 Å². The molecule has 3 aromatic rings. The monoisotopic (exact) mass is 375 g/mol. The van der Waals surface area contributed by atoms with E-state index in [1.54, 1.807) is 12.1 Å². The van der Waals surface area contributed by atoms with Crippen molar-refractivity contribution >= 4 is 22.4 Å². The SMILES string of the molecule is CCCCc1nnc(NC(=O)c2c[nH]c(=O)n(Cc3ccco3)c2=O)s1. The minimum Gasteiger partial charge on any atom is -0.467 e. The molecule has 0 saturated carbocycles. The van der Waals surface area contributed by atoms with Crippen LogP contribution in [0.15, 0.2) is 38.6 Å². The summed E-state index contributed by atoms with van der Waals surface area (Å²) < 4.78 is 6.05. The van der Waals surface area contributed by atoms with Crippen LogP contribution < -0.4 is 16.6 Å². The number of nitrogens with zero attached hydrogens (tertiary/aromatic N) is 3. The lowest BCUT2D eigenvalue weighted by atomic mass is 10.3. The lowest BCUT2D eigenvalue weighted by Crippen LogP contribution is -2.39. The van der Waals surface area contributed by atoms with Crippen LogP contribution in [0.4, 0.5) is 5.13 Å². The molecule has 10 heteroatoms. The van der Waals surface area contributed by atoms with E-state index in [0.29, 0.717) is 10.9 Å². The smallest absolute Gasteiger partial charge is 0.328 e. The van der Waals surface area contributed by atoms with Gasteiger partial charge in [0.15, 0.2) is 0 Å². The zero-order chi connectivity index (χ0) is 18.5. The van der Waals surface area contributed by atoms with Gasteiger partial charge in [0, 0.05) is 12.6 Å². The lowest BCUT2D eigenvalue weighted by molar-refractivity contribution is 0.102. The van der Waals surface area contributed by atoms with Gasteiger partial charge in [-0.2, -0.15) is 0 Å². The van der Waals surface area contributed by atoms with Crippen LogP contribution in [0, 0.1) is 0 Å². The highest BCUT2D eigenvalue weighted by Gasteiger charge is 2.17. The van der Waals surface area contributed by atoms with Crippen LogP contribution in [0.2, 0.25) is 0 Å². The lowest BCUT2D eigenvalue weighted by Gasteiger charge is -2.05. The topological polar surface area (TPSA) is 123 Å². The summed E-state index contributed by atoms with van der Waals surface area (Å²) in [7, 11) is 0. The number of aromatic amines is 1. The number of unbranched alkanes of at least 4 members (excludes halogenated alkanes) is 1. The second-order valence-corrected chi connectivity index (χ2v) is 6.60. The molecule has 0 aliphatic rings. The summed E-state index contributed by atoms with van der Waals surface area (Å²) in [4.78, 5) is 39.2. The molecule has 3 rings (SSSR count). The average Bonchev–Trinajstić information content (AvgIpc) is 3.28. The molecule has 0 aliphatic heterocycles. The van der Waals surface area contributed by atoms with Crippen LogP contribution in [0.3, 0.4) is 0 Å². The van der Waals surface area contributed by atoms with E-state index in [9.17, 15) is 14.4 Å². The number of aryl methyl sites for hydroxylation is 1. The number of rotatable bonds is 7. The summed E-state index contributed by atoms with van der Waals surface area (Å²) in [6, 6.07) is 3.29. The summed E-state index contributed by atoms with van der Waals surface area (Å²) in [5.41, 5.74) is -1.53. The molecule has 1 amide bonds. The van der Waals surface area contributed by atoms with Gasteiger partial charge in [0.25, 0.3) is 11.5 Å². The summed E-state index contributed by atoms with van der Waals surface area (Å²) >= 11 is 1.26. The molecule has 3 heterocycles. The predicted molar refractivity (Wildman–Crippen MR) is 95.6 cm³/mol. The van der Waals surface area contributed by atoms with Crippen molar-refractivity contribution in [2.45, 2.75) is 32.7 Å². The molecule has 0 radical (unpaired) electrons. The molecule has 0 aliphatic carbocycles. The Labute approximate surface area is 151 Å². The number of furan rings is 1. The second-order valence-electron chi connectivity index (χ2n) is 5.54. The third-order valence-electron chi connectivity index (χ3n) is 3.63. The van der Waals surface area contributed by atoms with Crippen molar-refractivity contribution in [1.82, 2.24) is 19.7 Å². The van der Waals surface area contributed by atoms with E-state index in [1.807, 2.05) is 0 Å². The van der Waals surface area contributed by atoms with Crippen molar-refractivity contribution in [2.75, 3.05) is 5.32 Å². The van der Waals surface area contributed by atoms with Crippen molar-refractivity contribution in [3.63, 3.8) is 0 Å². The van der Waals surface area contributed by atoms with Crippen molar-refractivity contribution in [2.24, 2.45) is 0 Å². The minimum absolute atomic E-state index is 0.0672. The first kappa shape index (κ1) is 17.8. The van der Waals surface area contributed by atoms with Crippen LogP contribution in [-0.2, 0) is 13.0 Å². The highest BCUT2D eigenvalue weighted by molar-refractivity contribution is 7.15. The summed E-state index contributed by atoms with van der Waals surface area (Å²) in [6.45, 7) is 2.01. The molecule has 0 bridgehead atoms. The molecule has 136 valence electrons. The zero-order valence-corrected chi connectivity index (χ0v) is 14.8. The Morgan fingerprint density at radius 3 is 2.96 bits per heavy atom. The number of carbonyl (C=O) groups is 1. The van der Waals surface area contributed by atoms with Crippen LogP contribution in [-0.4, -0.2) is 25.7 Å². The highest BCUT2D eigenvalue weighted by Crippen LogP contribution is 2.17. The van der Waals surface area contributed by atoms with Gasteiger partial charge in [0.1, 0.15) is 16.3 Å². The average molecular weight is 375 g/mol. The molecule has 9 nitrogen and oxygen atoms in total. The second kappa shape index (κ2) is 7.91. The Morgan fingerprint density at radius 1 is 1.38 bits per heavy atom. The van der Waals surface area contributed by atoms with Crippen LogP contribution in [0.25, 0.3) is 0 Å². The quantitative estimate of drug-likeness (QED) is 0.647. The van der Waals surface area contributed by atoms with Gasteiger partial charge in [-0.1, -0.05) is 24.7 Å². The molecule has 2 N–H and O–H groups in total. The number of hydrogen-bond donors (Lipinski definition) is 2. The number of nitrogens with one attached hydrogen (secondary N) is 2. The van der Waals surface area contributed by atoms with Crippen LogP contribution in [0.5, 0.6) is 0 Å². The molecular weight excluding hydrogens is 358 g/mol. The normalized spacial score (nSPS) is 10.8. The van der Waals surface area contributed by atoms with Crippen molar-refractivity contribution in [1.29, 1.82) is 0 Å². The Hall–Kier alpha value is -3.01. The molecule has 0 aromatic carbocycles. The molecule has 0 spiro atoms. The van der Waals surface area contributed by atoms with E-state index < -0.39 is 17.2 Å². The van der Waals surface area contributed by atoms with Crippen LogP contribution in [0.1, 0.15) is 40.9 Å². The molecule has 0 unspecified atom stereocenters. The minimum atomic E-state index is -0.710. The Morgan fingerprint density at radius 2 is 2.23 bits per heavy atom. The third kappa shape index (κ3) is 3.97. The van der Waals surface area contributed by atoms with Gasteiger partial charge in [-0.05, 0) is 18.6 Å². The summed E-state index contributed by atoms with van der Waals surface area (Å²) in [5, 5.41) is 11.6. The van der Waals surface area contributed by atoms with E-state index in [-0.39, 0.29) is 12.1 Å². The first-order chi connectivity index (χ1) is 12.6. The summed E-state index contributed by atoms with van der Waals surface area (Å²) in [5.74, 6) is -0.225. The van der Waals surface area contributed by atoms with Crippen molar-refractivity contribution in [3.8, 4) is 0 Å². The Bertz CT molecular complexity index is 1000. The maximum atomic E-state index is 12.5. The first-order valence-corrected chi connectivity index (χ1v) is 8.88.